The van der Waals surface area contributed by atoms with Crippen LogP contribution < -0.4 is 16.2 Å². The number of imidazole rings is 1. The van der Waals surface area contributed by atoms with Crippen LogP contribution in [0.1, 0.15) is 77.6 Å². The number of fused-ring (bicyclic) bond motifs is 12. The smallest absolute Gasteiger partial charge is 0.198 e. The maximum Gasteiger partial charge on any atom is 0.198 e. The molecule has 0 saturated heterocycles. The SMILES string of the molecule is CC(C)(C)c1ccc(Nc2cc3c(cc2-c2ccc4c5cc6sc7ccccc7c6cc5n5c4c2Bc2cc4nc(-c6ccccc6)n(-c6ccccc6)c4cc2-5)C(C)(C)c2cc(C(C)(C)C)ccc2-3)cc1. The van der Waals surface area contributed by atoms with Gasteiger partial charge in [0, 0.05) is 75.8 Å². The van der Waals surface area contributed by atoms with E-state index in [-0.39, 0.29) is 16.2 Å². The van der Waals surface area contributed by atoms with E-state index in [4.69, 9.17) is 4.98 Å². The van der Waals surface area contributed by atoms with Gasteiger partial charge in [-0.2, -0.15) is 0 Å². The third-order valence-electron chi connectivity index (χ3n) is 16.0. The van der Waals surface area contributed by atoms with Gasteiger partial charge in [-0.25, -0.2) is 4.98 Å². The Bertz CT molecular complexity index is 4230. The van der Waals surface area contributed by atoms with Crippen LogP contribution in [0.4, 0.5) is 11.4 Å². The standard InChI is InChI=1S/C66H55BN4S/c1-64(2,3)39-23-26-41(27-24-39)68-54-33-47-43-28-25-40(65(4,5)6)31-51(43)66(7,8)52(47)32-48(54)45-29-30-46-49-35-60-50(44-21-15-16-22-59(44)72-60)34-56(49)71-57-37-58-55(36-53(57)67-61(45)62(46)71)69-63(38-17-11-9-12-18-38)70(58)42-19-13-10-14-20-42/h9-37,67-68H,1-8H3. The molecule has 0 atom stereocenters. The molecule has 12 aromatic rings. The summed E-state index contributed by atoms with van der Waals surface area (Å²) in [6.45, 7) is 18.7. The Hall–Kier alpha value is -7.67. The maximum atomic E-state index is 5.49. The molecule has 0 radical (unpaired) electrons. The largest absolute Gasteiger partial charge is 0.355 e. The van der Waals surface area contributed by atoms with Gasteiger partial charge in [0.15, 0.2) is 7.28 Å². The van der Waals surface area contributed by atoms with Crippen LogP contribution in [0, 0.1) is 0 Å². The second-order valence-electron chi connectivity index (χ2n) is 22.9. The molecule has 2 aliphatic rings. The lowest BCUT2D eigenvalue weighted by molar-refractivity contribution is 0.584. The first kappa shape index (κ1) is 43.2. The summed E-state index contributed by atoms with van der Waals surface area (Å²) in [7, 11) is 0.764. The highest BCUT2D eigenvalue weighted by Gasteiger charge is 2.38. The second-order valence-corrected chi connectivity index (χ2v) is 24.0. The molecule has 0 fully saturated rings. The van der Waals surface area contributed by atoms with Crippen molar-refractivity contribution in [1.82, 2.24) is 14.1 Å². The third-order valence-corrected chi connectivity index (χ3v) is 17.2. The highest BCUT2D eigenvalue weighted by molar-refractivity contribution is 7.25. The zero-order chi connectivity index (χ0) is 49.0. The minimum atomic E-state index is -0.204. The van der Waals surface area contributed by atoms with Crippen molar-refractivity contribution in [2.24, 2.45) is 0 Å². The number of hydrogen-bond donors (Lipinski definition) is 1. The normalized spacial score (nSPS) is 13.8. The second kappa shape index (κ2) is 15.2. The van der Waals surface area contributed by atoms with Crippen molar-refractivity contribution < 1.29 is 0 Å². The van der Waals surface area contributed by atoms with Crippen LogP contribution in [-0.4, -0.2) is 21.4 Å². The molecule has 4 heterocycles. The van der Waals surface area contributed by atoms with Crippen LogP contribution in [0.5, 0.6) is 0 Å². The van der Waals surface area contributed by atoms with Crippen molar-refractivity contribution in [1.29, 1.82) is 0 Å². The van der Waals surface area contributed by atoms with E-state index < -0.39 is 0 Å². The molecule has 4 nitrogen and oxygen atoms in total. The van der Waals surface area contributed by atoms with Gasteiger partial charge in [0.05, 0.1) is 16.6 Å². The zero-order valence-corrected chi connectivity index (χ0v) is 43.0. The van der Waals surface area contributed by atoms with Gasteiger partial charge in [-0.05, 0) is 122 Å². The van der Waals surface area contributed by atoms with Gasteiger partial charge >= 0.3 is 0 Å². The molecule has 14 rings (SSSR count). The lowest BCUT2D eigenvalue weighted by Crippen LogP contribution is -2.37. The average Bonchev–Trinajstić information content (AvgIpc) is 4.09. The molecule has 3 aromatic heterocycles. The van der Waals surface area contributed by atoms with Crippen LogP contribution in [-0.2, 0) is 16.2 Å². The van der Waals surface area contributed by atoms with E-state index in [0.717, 1.165) is 46.8 Å². The quantitative estimate of drug-likeness (QED) is 0.175. The van der Waals surface area contributed by atoms with E-state index in [9.17, 15) is 0 Å². The zero-order valence-electron chi connectivity index (χ0n) is 42.2. The number of aromatic nitrogens is 3. The molecule has 1 aliphatic carbocycles. The number of benzene rings is 9. The van der Waals surface area contributed by atoms with Crippen molar-refractivity contribution in [3.8, 4) is 45.0 Å². The van der Waals surface area contributed by atoms with Gasteiger partial charge in [-0.15, -0.1) is 11.3 Å². The first-order chi connectivity index (χ1) is 34.7. The molecular weight excluding hydrogens is 892 g/mol. The fourth-order valence-electron chi connectivity index (χ4n) is 12.2. The Labute approximate surface area is 425 Å². The third kappa shape index (κ3) is 6.41. The Kier molecular flexibility index (Phi) is 9.10. The van der Waals surface area contributed by atoms with Crippen molar-refractivity contribution in [2.45, 2.75) is 71.6 Å². The molecule has 1 aliphatic heterocycles. The predicted octanol–water partition coefficient (Wildman–Crippen LogP) is 16.2. The highest BCUT2D eigenvalue weighted by atomic mass is 32.1. The summed E-state index contributed by atoms with van der Waals surface area (Å²) in [6, 6.07) is 66.1. The first-order valence-electron chi connectivity index (χ1n) is 25.5. The molecule has 0 amide bonds. The molecule has 348 valence electrons. The van der Waals surface area contributed by atoms with E-state index in [1.165, 1.54) is 103 Å². The molecule has 0 spiro atoms. The van der Waals surface area contributed by atoms with E-state index in [1.54, 1.807) is 0 Å². The minimum Gasteiger partial charge on any atom is -0.355 e. The number of anilines is 2. The Morgan fingerprint density at radius 2 is 1.22 bits per heavy atom. The molecular formula is C66H55BN4S. The predicted molar refractivity (Wildman–Crippen MR) is 310 cm³/mol. The van der Waals surface area contributed by atoms with Gasteiger partial charge in [0.2, 0.25) is 0 Å². The highest BCUT2D eigenvalue weighted by Crippen LogP contribution is 2.53. The van der Waals surface area contributed by atoms with Gasteiger partial charge in [0.25, 0.3) is 0 Å². The molecule has 0 saturated carbocycles. The van der Waals surface area contributed by atoms with Crippen LogP contribution in [0.25, 0.3) is 98.0 Å². The van der Waals surface area contributed by atoms with Crippen LogP contribution in [0.3, 0.4) is 0 Å². The summed E-state index contributed by atoms with van der Waals surface area (Å²) < 4.78 is 7.60. The number of hydrogen-bond acceptors (Lipinski definition) is 3. The van der Waals surface area contributed by atoms with Crippen LogP contribution in [0.15, 0.2) is 176 Å². The number of thiophene rings is 1. The summed E-state index contributed by atoms with van der Waals surface area (Å²) in [5, 5.41) is 9.21. The molecule has 0 bridgehead atoms. The molecule has 1 N–H and O–H groups in total. The lowest BCUT2D eigenvalue weighted by Gasteiger charge is -2.27. The summed E-state index contributed by atoms with van der Waals surface area (Å²) in [5.41, 5.74) is 23.2. The fraction of sp³-hybridized carbons (Fsp3) is 0.167. The van der Waals surface area contributed by atoms with Gasteiger partial charge in [-0.1, -0.05) is 170 Å². The summed E-state index contributed by atoms with van der Waals surface area (Å²) in [6.07, 6.45) is 0. The van der Waals surface area contributed by atoms with E-state index in [0.29, 0.717) is 0 Å². The summed E-state index contributed by atoms with van der Waals surface area (Å²) in [5.74, 6) is 0.939. The van der Waals surface area contributed by atoms with Gasteiger partial charge in [-0.3, -0.25) is 4.57 Å². The topological polar surface area (TPSA) is 34.8 Å². The van der Waals surface area contributed by atoms with E-state index >= 15 is 0 Å². The van der Waals surface area contributed by atoms with Crippen molar-refractivity contribution >= 4 is 93.9 Å². The van der Waals surface area contributed by atoms with Gasteiger partial charge < -0.3 is 9.88 Å². The van der Waals surface area contributed by atoms with E-state index in [2.05, 4.69) is 246 Å². The summed E-state index contributed by atoms with van der Waals surface area (Å²) in [4.78, 5) is 5.49. The van der Waals surface area contributed by atoms with Crippen LogP contribution in [0.2, 0.25) is 0 Å². The monoisotopic (exact) mass is 946 g/mol. The lowest BCUT2D eigenvalue weighted by atomic mass is 9.59. The van der Waals surface area contributed by atoms with Crippen molar-refractivity contribution in [2.75, 3.05) is 5.32 Å². The average molecular weight is 947 g/mol. The number of para-hydroxylation sites is 1. The molecule has 6 heteroatoms. The van der Waals surface area contributed by atoms with Gasteiger partial charge in [0.1, 0.15) is 5.82 Å². The van der Waals surface area contributed by atoms with Crippen molar-refractivity contribution in [3.05, 3.63) is 198 Å². The maximum absolute atomic E-state index is 5.49. The van der Waals surface area contributed by atoms with Crippen molar-refractivity contribution in [3.63, 3.8) is 0 Å². The number of nitrogens with one attached hydrogen (secondary N) is 1. The Morgan fingerprint density at radius 3 is 1.99 bits per heavy atom. The molecule has 0 unspecified atom stereocenters. The number of nitrogens with zero attached hydrogens (tertiary/aromatic N) is 3. The Morgan fingerprint density at radius 1 is 0.528 bits per heavy atom. The Balaban J connectivity index is 1.05. The number of rotatable bonds is 5. The summed E-state index contributed by atoms with van der Waals surface area (Å²) >= 11 is 1.89. The van der Waals surface area contributed by atoms with E-state index in [1.807, 2.05) is 11.3 Å². The minimum absolute atomic E-state index is 0.0421. The fourth-order valence-corrected chi connectivity index (χ4v) is 13.3. The van der Waals surface area contributed by atoms with Crippen LogP contribution >= 0.6 is 11.3 Å². The molecule has 9 aromatic carbocycles. The molecule has 72 heavy (non-hydrogen) atoms. The first-order valence-corrected chi connectivity index (χ1v) is 26.3.